The Morgan fingerprint density at radius 1 is 1.04 bits per heavy atom. The van der Waals surface area contributed by atoms with Gasteiger partial charge in [-0.3, -0.25) is 4.90 Å². The molecule has 5 heteroatoms. The summed E-state index contributed by atoms with van der Waals surface area (Å²) in [6.45, 7) is 8.93. The zero-order chi connectivity index (χ0) is 19.6. The summed E-state index contributed by atoms with van der Waals surface area (Å²) in [6.07, 6.45) is 0.363. The Balaban J connectivity index is 1.25. The molecule has 2 aliphatic heterocycles. The lowest BCUT2D eigenvalue weighted by molar-refractivity contribution is 0.0632. The van der Waals surface area contributed by atoms with Crippen LogP contribution in [-0.4, -0.2) is 61.0 Å². The minimum absolute atomic E-state index is 0.196. The number of ether oxygens (including phenoxy) is 2. The van der Waals surface area contributed by atoms with Gasteiger partial charge in [-0.05, 0) is 32.0 Å². The van der Waals surface area contributed by atoms with Crippen LogP contribution in [0.4, 0.5) is 5.69 Å². The normalized spacial score (nSPS) is 19.8. The number of fused-ring (bicyclic) bond motifs is 1. The molecule has 2 heterocycles. The molecule has 2 aliphatic rings. The minimum atomic E-state index is -0.520. The highest BCUT2D eigenvalue weighted by Gasteiger charge is 2.32. The van der Waals surface area contributed by atoms with Gasteiger partial charge in [0.15, 0.2) is 11.5 Å². The van der Waals surface area contributed by atoms with E-state index in [0.29, 0.717) is 6.54 Å². The maximum Gasteiger partial charge on any atom is 0.165 e. The number of piperazine rings is 1. The van der Waals surface area contributed by atoms with Gasteiger partial charge in [0, 0.05) is 50.4 Å². The van der Waals surface area contributed by atoms with Crippen LogP contribution >= 0.6 is 0 Å². The number of β-amino-alcohol motifs (C(OH)–C–C–N with tert-alkyl or cyclic N) is 1. The van der Waals surface area contributed by atoms with E-state index in [1.165, 1.54) is 11.3 Å². The second-order valence-electron chi connectivity index (χ2n) is 8.37. The van der Waals surface area contributed by atoms with Crippen molar-refractivity contribution in [3.63, 3.8) is 0 Å². The maximum absolute atomic E-state index is 10.5. The van der Waals surface area contributed by atoms with E-state index in [-0.39, 0.29) is 12.2 Å². The number of hydrogen-bond donors (Lipinski definition) is 1. The van der Waals surface area contributed by atoms with Gasteiger partial charge in [0.25, 0.3) is 0 Å². The van der Waals surface area contributed by atoms with Crippen LogP contribution in [0, 0.1) is 0 Å². The van der Waals surface area contributed by atoms with Crippen LogP contribution in [0.25, 0.3) is 0 Å². The fourth-order valence-corrected chi connectivity index (χ4v) is 4.07. The summed E-state index contributed by atoms with van der Waals surface area (Å²) >= 11 is 0. The van der Waals surface area contributed by atoms with E-state index in [2.05, 4.69) is 54.0 Å². The van der Waals surface area contributed by atoms with E-state index in [4.69, 9.17) is 9.47 Å². The van der Waals surface area contributed by atoms with E-state index < -0.39 is 6.10 Å². The number of aliphatic hydroxyl groups is 1. The van der Waals surface area contributed by atoms with Gasteiger partial charge in [-0.2, -0.15) is 0 Å². The van der Waals surface area contributed by atoms with Gasteiger partial charge in [-0.1, -0.05) is 30.3 Å². The SMILES string of the molecule is CC1(C)Cc2cccc(OCC(O)CN3CCN(c4ccccc4)CC3)c2O1. The number of para-hydroxylation sites is 2. The second-order valence-corrected chi connectivity index (χ2v) is 8.37. The lowest BCUT2D eigenvalue weighted by Gasteiger charge is -2.36. The molecule has 0 aromatic heterocycles. The summed E-state index contributed by atoms with van der Waals surface area (Å²) in [5, 5.41) is 10.5. The van der Waals surface area contributed by atoms with Crippen molar-refractivity contribution in [2.45, 2.75) is 32.0 Å². The molecular weight excluding hydrogens is 352 g/mol. The predicted octanol–water partition coefficient (Wildman–Crippen LogP) is 2.96. The van der Waals surface area contributed by atoms with Crippen molar-refractivity contribution in [1.82, 2.24) is 4.90 Å². The average molecular weight is 383 g/mol. The highest BCUT2D eigenvalue weighted by Crippen LogP contribution is 2.41. The number of hydrogen-bond acceptors (Lipinski definition) is 5. The van der Waals surface area contributed by atoms with Crippen molar-refractivity contribution < 1.29 is 14.6 Å². The van der Waals surface area contributed by atoms with Crippen molar-refractivity contribution >= 4 is 5.69 Å². The first kappa shape index (κ1) is 19.1. The van der Waals surface area contributed by atoms with E-state index in [1.54, 1.807) is 0 Å². The number of benzene rings is 2. The number of nitrogens with zero attached hydrogens (tertiary/aromatic N) is 2. The van der Waals surface area contributed by atoms with Crippen LogP contribution in [0.2, 0.25) is 0 Å². The van der Waals surface area contributed by atoms with Gasteiger partial charge in [-0.15, -0.1) is 0 Å². The molecule has 4 rings (SSSR count). The van der Waals surface area contributed by atoms with Gasteiger partial charge >= 0.3 is 0 Å². The molecule has 1 unspecified atom stereocenters. The van der Waals surface area contributed by atoms with Gasteiger partial charge < -0.3 is 19.5 Å². The van der Waals surface area contributed by atoms with Crippen LogP contribution in [0.15, 0.2) is 48.5 Å². The number of anilines is 1. The smallest absolute Gasteiger partial charge is 0.165 e. The zero-order valence-corrected chi connectivity index (χ0v) is 16.8. The standard InChI is InChI=1S/C23H30N2O3/c1-23(2)15-18-7-6-10-21(22(18)28-23)27-17-20(26)16-24-11-13-25(14-12-24)19-8-4-3-5-9-19/h3-10,20,26H,11-17H2,1-2H3. The molecule has 28 heavy (non-hydrogen) atoms. The van der Waals surface area contributed by atoms with Gasteiger partial charge in [0.05, 0.1) is 0 Å². The second kappa shape index (κ2) is 8.02. The van der Waals surface area contributed by atoms with Gasteiger partial charge in [-0.25, -0.2) is 0 Å². The minimum Gasteiger partial charge on any atom is -0.487 e. The Morgan fingerprint density at radius 3 is 2.54 bits per heavy atom. The topological polar surface area (TPSA) is 45.2 Å². The molecule has 0 amide bonds. The van der Waals surface area contributed by atoms with Crippen molar-refractivity contribution in [1.29, 1.82) is 0 Å². The molecule has 1 N–H and O–H groups in total. The van der Waals surface area contributed by atoms with Crippen molar-refractivity contribution in [2.24, 2.45) is 0 Å². The Morgan fingerprint density at radius 2 is 1.79 bits per heavy atom. The molecular formula is C23H30N2O3. The zero-order valence-electron chi connectivity index (χ0n) is 16.8. The Bertz CT molecular complexity index is 786. The molecule has 0 saturated carbocycles. The summed E-state index contributed by atoms with van der Waals surface area (Å²) in [5.74, 6) is 1.56. The monoisotopic (exact) mass is 382 g/mol. The van der Waals surface area contributed by atoms with Crippen LogP contribution in [0.3, 0.4) is 0 Å². The third-order valence-electron chi connectivity index (χ3n) is 5.45. The Labute approximate surface area is 167 Å². The first-order valence-corrected chi connectivity index (χ1v) is 10.1. The molecule has 2 aromatic carbocycles. The maximum atomic E-state index is 10.5. The number of rotatable bonds is 6. The van der Waals surface area contributed by atoms with E-state index in [1.807, 2.05) is 18.2 Å². The molecule has 1 saturated heterocycles. The van der Waals surface area contributed by atoms with E-state index in [0.717, 1.165) is 44.1 Å². The molecule has 1 fully saturated rings. The Hall–Kier alpha value is -2.24. The van der Waals surface area contributed by atoms with Crippen LogP contribution in [-0.2, 0) is 6.42 Å². The molecule has 0 radical (unpaired) electrons. The molecule has 2 aromatic rings. The summed E-state index contributed by atoms with van der Waals surface area (Å²) in [7, 11) is 0. The van der Waals surface area contributed by atoms with Crippen LogP contribution in [0.5, 0.6) is 11.5 Å². The molecule has 0 aliphatic carbocycles. The average Bonchev–Trinajstić information content (AvgIpc) is 3.02. The van der Waals surface area contributed by atoms with Crippen LogP contribution in [0.1, 0.15) is 19.4 Å². The van der Waals surface area contributed by atoms with Crippen molar-refractivity contribution in [2.75, 3.05) is 44.2 Å². The quantitative estimate of drug-likeness (QED) is 0.832. The van der Waals surface area contributed by atoms with Crippen molar-refractivity contribution in [3.05, 3.63) is 54.1 Å². The third-order valence-corrected chi connectivity index (χ3v) is 5.45. The molecule has 1 atom stereocenters. The van der Waals surface area contributed by atoms with Gasteiger partial charge in [0.1, 0.15) is 18.3 Å². The molecule has 0 bridgehead atoms. The largest absolute Gasteiger partial charge is 0.487 e. The van der Waals surface area contributed by atoms with Gasteiger partial charge in [0.2, 0.25) is 0 Å². The summed E-state index contributed by atoms with van der Waals surface area (Å²) < 4.78 is 12.0. The fourth-order valence-electron chi connectivity index (χ4n) is 4.07. The predicted molar refractivity (Wildman–Crippen MR) is 111 cm³/mol. The third kappa shape index (κ3) is 4.42. The lowest BCUT2D eigenvalue weighted by Crippen LogP contribution is -2.49. The van der Waals surface area contributed by atoms with Crippen molar-refractivity contribution in [3.8, 4) is 11.5 Å². The highest BCUT2D eigenvalue weighted by atomic mass is 16.5. The summed E-state index contributed by atoms with van der Waals surface area (Å²) in [5.41, 5.74) is 2.25. The summed E-state index contributed by atoms with van der Waals surface area (Å²) in [6, 6.07) is 16.5. The first-order chi connectivity index (χ1) is 13.5. The molecule has 5 nitrogen and oxygen atoms in total. The molecule has 150 valence electrons. The van der Waals surface area contributed by atoms with E-state index in [9.17, 15) is 5.11 Å². The fraction of sp³-hybridized carbons (Fsp3) is 0.478. The Kier molecular flexibility index (Phi) is 5.47. The molecule has 0 spiro atoms. The number of aliphatic hydroxyl groups excluding tert-OH is 1. The lowest BCUT2D eigenvalue weighted by atomic mass is 10.0. The first-order valence-electron chi connectivity index (χ1n) is 10.1. The summed E-state index contributed by atoms with van der Waals surface area (Å²) in [4.78, 5) is 4.70. The highest BCUT2D eigenvalue weighted by molar-refractivity contribution is 5.50. The van der Waals surface area contributed by atoms with Crippen LogP contribution < -0.4 is 14.4 Å². The van der Waals surface area contributed by atoms with E-state index >= 15 is 0 Å².